The van der Waals surface area contributed by atoms with Crippen LogP contribution < -0.4 is 5.32 Å². The molecule has 0 spiro atoms. The lowest BCUT2D eigenvalue weighted by Crippen LogP contribution is -2.16. The predicted molar refractivity (Wildman–Crippen MR) is 56.4 cm³/mol. The zero-order valence-electron chi connectivity index (χ0n) is 7.46. The van der Waals surface area contributed by atoms with Crippen molar-refractivity contribution in [1.29, 1.82) is 0 Å². The van der Waals surface area contributed by atoms with Crippen molar-refractivity contribution in [3.05, 3.63) is 28.5 Å². The van der Waals surface area contributed by atoms with E-state index in [0.717, 1.165) is 29.3 Å². The maximum atomic E-state index is 4.34. The van der Waals surface area contributed by atoms with E-state index >= 15 is 0 Å². The molecule has 70 valence electrons. The van der Waals surface area contributed by atoms with Crippen LogP contribution in [0.15, 0.2) is 22.8 Å². The van der Waals surface area contributed by atoms with Crippen LogP contribution in [0.5, 0.6) is 0 Å². The van der Waals surface area contributed by atoms with E-state index in [1.165, 1.54) is 12.8 Å². The largest absolute Gasteiger partial charge is 0.311 e. The summed E-state index contributed by atoms with van der Waals surface area (Å²) in [6, 6.07) is 6.01. The monoisotopic (exact) mass is 240 g/mol. The predicted octanol–water partition coefficient (Wildman–Crippen LogP) is 2.34. The van der Waals surface area contributed by atoms with Crippen molar-refractivity contribution in [3.63, 3.8) is 0 Å². The van der Waals surface area contributed by atoms with Crippen LogP contribution in [0.25, 0.3) is 0 Å². The molecule has 0 amide bonds. The number of hydrogen-bond acceptors (Lipinski definition) is 2. The number of nitrogens with one attached hydrogen (secondary N) is 1. The summed E-state index contributed by atoms with van der Waals surface area (Å²) in [5.41, 5.74) is 1.11. The summed E-state index contributed by atoms with van der Waals surface area (Å²) in [7, 11) is 0. The highest BCUT2D eigenvalue weighted by molar-refractivity contribution is 9.10. The lowest BCUT2D eigenvalue weighted by Gasteiger charge is -2.02. The van der Waals surface area contributed by atoms with Gasteiger partial charge in [-0.1, -0.05) is 6.07 Å². The van der Waals surface area contributed by atoms with Gasteiger partial charge >= 0.3 is 0 Å². The van der Waals surface area contributed by atoms with E-state index in [-0.39, 0.29) is 0 Å². The van der Waals surface area contributed by atoms with E-state index in [9.17, 15) is 0 Å². The Labute approximate surface area is 86.9 Å². The second-order valence-corrected chi connectivity index (χ2v) is 4.34. The van der Waals surface area contributed by atoms with Gasteiger partial charge in [0.1, 0.15) is 4.60 Å². The van der Waals surface area contributed by atoms with Crippen LogP contribution in [-0.4, -0.2) is 11.5 Å². The Morgan fingerprint density at radius 1 is 1.46 bits per heavy atom. The summed E-state index contributed by atoms with van der Waals surface area (Å²) in [6.45, 7) is 2.03. The maximum Gasteiger partial charge on any atom is 0.106 e. The standard InChI is InChI=1S/C10H13BrN2/c11-10-3-1-2-9(13-10)7-12-6-8-4-5-8/h1-3,8,12H,4-7H2. The number of pyridine rings is 1. The van der Waals surface area contributed by atoms with Crippen LogP contribution in [0.2, 0.25) is 0 Å². The van der Waals surface area contributed by atoms with Gasteiger partial charge < -0.3 is 5.32 Å². The van der Waals surface area contributed by atoms with Gasteiger partial charge in [0.2, 0.25) is 0 Å². The average Bonchev–Trinajstić information content (AvgIpc) is 2.88. The van der Waals surface area contributed by atoms with E-state index < -0.39 is 0 Å². The normalized spacial score (nSPS) is 16.1. The van der Waals surface area contributed by atoms with Gasteiger partial charge in [0.25, 0.3) is 0 Å². The first kappa shape index (κ1) is 9.16. The van der Waals surface area contributed by atoms with Gasteiger partial charge in [-0.25, -0.2) is 4.98 Å². The molecule has 1 aliphatic rings. The molecule has 0 atom stereocenters. The third kappa shape index (κ3) is 3.08. The van der Waals surface area contributed by atoms with Crippen LogP contribution in [0.4, 0.5) is 0 Å². The van der Waals surface area contributed by atoms with E-state index in [4.69, 9.17) is 0 Å². The first-order chi connectivity index (χ1) is 6.34. The molecule has 1 saturated carbocycles. The first-order valence-electron chi connectivity index (χ1n) is 4.67. The van der Waals surface area contributed by atoms with Gasteiger partial charge in [-0.2, -0.15) is 0 Å². The molecule has 0 aliphatic heterocycles. The number of hydrogen-bond donors (Lipinski definition) is 1. The van der Waals surface area contributed by atoms with Gasteiger partial charge in [0, 0.05) is 6.54 Å². The van der Waals surface area contributed by atoms with Gasteiger partial charge in [-0.05, 0) is 53.4 Å². The highest BCUT2D eigenvalue weighted by Crippen LogP contribution is 2.27. The lowest BCUT2D eigenvalue weighted by atomic mass is 10.3. The second kappa shape index (κ2) is 4.20. The minimum Gasteiger partial charge on any atom is -0.311 e. The van der Waals surface area contributed by atoms with Crippen LogP contribution in [0.1, 0.15) is 18.5 Å². The second-order valence-electron chi connectivity index (χ2n) is 3.53. The molecule has 1 aromatic rings. The fourth-order valence-corrected chi connectivity index (χ4v) is 1.66. The van der Waals surface area contributed by atoms with E-state index in [1.807, 2.05) is 18.2 Å². The highest BCUT2D eigenvalue weighted by atomic mass is 79.9. The van der Waals surface area contributed by atoms with Crippen LogP contribution >= 0.6 is 15.9 Å². The van der Waals surface area contributed by atoms with Crippen molar-refractivity contribution in [3.8, 4) is 0 Å². The van der Waals surface area contributed by atoms with Crippen molar-refractivity contribution in [2.45, 2.75) is 19.4 Å². The van der Waals surface area contributed by atoms with Crippen LogP contribution in [0.3, 0.4) is 0 Å². The molecule has 1 fully saturated rings. The molecule has 3 heteroatoms. The molecule has 13 heavy (non-hydrogen) atoms. The molecular formula is C10H13BrN2. The minimum absolute atomic E-state index is 0.885. The molecule has 0 radical (unpaired) electrons. The Bertz CT molecular complexity index is 284. The Kier molecular flexibility index (Phi) is 2.96. The summed E-state index contributed by atoms with van der Waals surface area (Å²) < 4.78 is 0.915. The zero-order valence-corrected chi connectivity index (χ0v) is 9.05. The molecule has 1 aromatic heterocycles. The molecule has 1 N–H and O–H groups in total. The number of nitrogens with zero attached hydrogens (tertiary/aromatic N) is 1. The van der Waals surface area contributed by atoms with Crippen LogP contribution in [0, 0.1) is 5.92 Å². The third-order valence-electron chi connectivity index (χ3n) is 2.21. The summed E-state index contributed by atoms with van der Waals surface area (Å²) in [5.74, 6) is 0.937. The van der Waals surface area contributed by atoms with Crippen LogP contribution in [-0.2, 0) is 6.54 Å². The third-order valence-corrected chi connectivity index (χ3v) is 2.65. The number of halogens is 1. The molecule has 1 heterocycles. The quantitative estimate of drug-likeness (QED) is 0.818. The van der Waals surface area contributed by atoms with Crippen molar-refractivity contribution in [1.82, 2.24) is 10.3 Å². The van der Waals surface area contributed by atoms with Gasteiger partial charge in [-0.15, -0.1) is 0 Å². The fraction of sp³-hybridized carbons (Fsp3) is 0.500. The Balaban J connectivity index is 1.79. The summed E-state index contributed by atoms with van der Waals surface area (Å²) >= 11 is 3.36. The zero-order chi connectivity index (χ0) is 9.10. The molecule has 0 unspecified atom stereocenters. The minimum atomic E-state index is 0.885. The topological polar surface area (TPSA) is 24.9 Å². The van der Waals surface area contributed by atoms with Gasteiger partial charge in [0.15, 0.2) is 0 Å². The number of aromatic nitrogens is 1. The van der Waals surface area contributed by atoms with Crippen molar-refractivity contribution in [2.24, 2.45) is 5.92 Å². The Morgan fingerprint density at radius 2 is 2.31 bits per heavy atom. The molecular weight excluding hydrogens is 228 g/mol. The van der Waals surface area contributed by atoms with Gasteiger partial charge in [0.05, 0.1) is 5.69 Å². The Morgan fingerprint density at radius 3 is 3.00 bits per heavy atom. The van der Waals surface area contributed by atoms with Crippen molar-refractivity contribution >= 4 is 15.9 Å². The van der Waals surface area contributed by atoms with E-state index in [0.29, 0.717) is 0 Å². The Hall–Kier alpha value is -0.410. The summed E-state index contributed by atoms with van der Waals surface area (Å²) in [6.07, 6.45) is 2.80. The van der Waals surface area contributed by atoms with E-state index in [2.05, 4.69) is 26.2 Å². The van der Waals surface area contributed by atoms with Gasteiger partial charge in [-0.3, -0.25) is 0 Å². The molecule has 2 rings (SSSR count). The molecule has 0 aromatic carbocycles. The number of rotatable bonds is 4. The SMILES string of the molecule is Brc1cccc(CNCC2CC2)n1. The van der Waals surface area contributed by atoms with Crippen molar-refractivity contribution in [2.75, 3.05) is 6.54 Å². The van der Waals surface area contributed by atoms with Crippen molar-refractivity contribution < 1.29 is 0 Å². The average molecular weight is 241 g/mol. The highest BCUT2D eigenvalue weighted by Gasteiger charge is 2.20. The smallest absolute Gasteiger partial charge is 0.106 e. The summed E-state index contributed by atoms with van der Waals surface area (Å²) in [5, 5.41) is 3.41. The molecule has 2 nitrogen and oxygen atoms in total. The maximum absolute atomic E-state index is 4.34. The molecule has 0 bridgehead atoms. The molecule has 1 aliphatic carbocycles. The fourth-order valence-electron chi connectivity index (χ4n) is 1.28. The lowest BCUT2D eigenvalue weighted by molar-refractivity contribution is 0.629. The first-order valence-corrected chi connectivity index (χ1v) is 5.46. The molecule has 0 saturated heterocycles. The van der Waals surface area contributed by atoms with E-state index in [1.54, 1.807) is 0 Å². The summed E-state index contributed by atoms with van der Waals surface area (Å²) in [4.78, 5) is 4.34.